The Bertz CT molecular complexity index is 433. The van der Waals surface area contributed by atoms with Gasteiger partial charge in [0, 0.05) is 10.0 Å². The van der Waals surface area contributed by atoms with Crippen LogP contribution in [-0.4, -0.2) is 22.5 Å². The number of benzene rings is 1. The van der Waals surface area contributed by atoms with Gasteiger partial charge in [0.1, 0.15) is 5.75 Å². The van der Waals surface area contributed by atoms with Gasteiger partial charge in [0.25, 0.3) is 0 Å². The maximum Gasteiger partial charge on any atom is 0.573 e. The Labute approximate surface area is 102 Å². The molecule has 0 aliphatic heterocycles. The predicted octanol–water partition coefficient (Wildman–Crippen LogP) is 2.47. The molecule has 1 aromatic rings. The Morgan fingerprint density at radius 2 is 2.00 bits per heavy atom. The summed E-state index contributed by atoms with van der Waals surface area (Å²) in [5.74, 6) is -2.43. The normalized spacial score (nSPS) is 13.2. The molecule has 94 valence electrons. The molecule has 1 aromatic carbocycles. The summed E-state index contributed by atoms with van der Waals surface area (Å²) in [5, 5.41) is 17.8. The van der Waals surface area contributed by atoms with E-state index in [1.807, 2.05) is 0 Å². The van der Waals surface area contributed by atoms with E-state index in [-0.39, 0.29) is 0 Å². The van der Waals surface area contributed by atoms with Crippen molar-refractivity contribution in [2.45, 2.75) is 12.5 Å². The summed E-state index contributed by atoms with van der Waals surface area (Å²) in [6.07, 6.45) is -7.05. The molecule has 0 saturated carbocycles. The minimum atomic E-state index is -4.96. The summed E-state index contributed by atoms with van der Waals surface area (Å²) >= 11 is 2.95. The Balaban J connectivity index is 3.17. The van der Waals surface area contributed by atoms with Crippen LogP contribution in [0.5, 0.6) is 5.75 Å². The molecule has 0 bridgehead atoms. The third kappa shape index (κ3) is 3.90. The molecule has 0 aromatic heterocycles. The number of carboxylic acids is 1. The number of aliphatic hydroxyl groups is 1. The van der Waals surface area contributed by atoms with E-state index < -0.39 is 29.7 Å². The maximum absolute atomic E-state index is 12.0. The van der Waals surface area contributed by atoms with Crippen molar-refractivity contribution in [2.24, 2.45) is 0 Å². The average Bonchev–Trinajstić information content (AvgIpc) is 2.17. The summed E-state index contributed by atoms with van der Waals surface area (Å²) in [6, 6.07) is 3.19. The highest BCUT2D eigenvalue weighted by Gasteiger charge is 2.33. The SMILES string of the molecule is O=C(O)C(O)c1cc(Br)ccc1OC(F)(F)F. The van der Waals surface area contributed by atoms with Crippen molar-refractivity contribution >= 4 is 21.9 Å². The average molecular weight is 315 g/mol. The molecule has 0 radical (unpaired) electrons. The quantitative estimate of drug-likeness (QED) is 0.899. The van der Waals surface area contributed by atoms with Crippen LogP contribution >= 0.6 is 15.9 Å². The third-order valence-corrected chi connectivity index (χ3v) is 2.22. The molecule has 0 amide bonds. The zero-order valence-corrected chi connectivity index (χ0v) is 9.62. The van der Waals surface area contributed by atoms with Crippen molar-refractivity contribution < 1.29 is 32.9 Å². The van der Waals surface area contributed by atoms with E-state index in [1.54, 1.807) is 0 Å². The fraction of sp³-hybridized carbons (Fsp3) is 0.222. The lowest BCUT2D eigenvalue weighted by Gasteiger charge is -2.15. The first kappa shape index (κ1) is 13.8. The molecule has 0 heterocycles. The highest BCUT2D eigenvalue weighted by molar-refractivity contribution is 9.10. The highest BCUT2D eigenvalue weighted by atomic mass is 79.9. The van der Waals surface area contributed by atoms with Gasteiger partial charge in [-0.1, -0.05) is 15.9 Å². The van der Waals surface area contributed by atoms with Gasteiger partial charge in [-0.25, -0.2) is 4.79 Å². The van der Waals surface area contributed by atoms with E-state index >= 15 is 0 Å². The van der Waals surface area contributed by atoms with E-state index in [9.17, 15) is 23.1 Å². The number of rotatable bonds is 3. The number of aliphatic hydroxyl groups excluding tert-OH is 1. The Morgan fingerprint density at radius 3 is 2.47 bits per heavy atom. The first-order chi connectivity index (χ1) is 7.70. The van der Waals surface area contributed by atoms with Crippen LogP contribution in [0.25, 0.3) is 0 Å². The fourth-order valence-electron chi connectivity index (χ4n) is 1.08. The van der Waals surface area contributed by atoms with Gasteiger partial charge in [-0.05, 0) is 18.2 Å². The van der Waals surface area contributed by atoms with E-state index in [0.29, 0.717) is 4.47 Å². The smallest absolute Gasteiger partial charge is 0.479 e. The van der Waals surface area contributed by atoms with Crippen LogP contribution < -0.4 is 4.74 Å². The molecule has 2 N–H and O–H groups in total. The molecule has 1 rings (SSSR count). The van der Waals surface area contributed by atoms with Crippen molar-refractivity contribution in [2.75, 3.05) is 0 Å². The van der Waals surface area contributed by atoms with Crippen molar-refractivity contribution in [1.82, 2.24) is 0 Å². The Hall–Kier alpha value is -1.28. The third-order valence-electron chi connectivity index (χ3n) is 1.73. The fourth-order valence-corrected chi connectivity index (χ4v) is 1.46. The number of carboxylic acid groups (broad SMARTS) is 1. The minimum Gasteiger partial charge on any atom is -0.479 e. The van der Waals surface area contributed by atoms with Gasteiger partial charge in [0.05, 0.1) is 0 Å². The standard InChI is InChI=1S/C9H6BrF3O4/c10-4-1-2-6(17-9(11,12)13)5(3-4)7(14)8(15)16/h1-3,7,14H,(H,15,16). The van der Waals surface area contributed by atoms with Crippen LogP contribution in [0.3, 0.4) is 0 Å². The predicted molar refractivity (Wildman–Crippen MR) is 53.4 cm³/mol. The molecule has 1 atom stereocenters. The number of aliphatic carboxylic acids is 1. The molecule has 8 heteroatoms. The molecule has 0 aliphatic carbocycles. The molecule has 0 fully saturated rings. The number of halogens is 4. The van der Waals surface area contributed by atoms with E-state index in [0.717, 1.165) is 12.1 Å². The summed E-state index contributed by atoms with van der Waals surface area (Å²) in [6.45, 7) is 0. The topological polar surface area (TPSA) is 66.8 Å². The lowest BCUT2D eigenvalue weighted by atomic mass is 10.1. The lowest BCUT2D eigenvalue weighted by molar-refractivity contribution is -0.275. The number of carbonyl (C=O) groups is 1. The Kier molecular flexibility index (Phi) is 3.99. The number of ether oxygens (including phenoxy) is 1. The first-order valence-electron chi connectivity index (χ1n) is 4.17. The molecule has 4 nitrogen and oxygen atoms in total. The molecular formula is C9H6BrF3O4. The highest BCUT2D eigenvalue weighted by Crippen LogP contribution is 2.32. The van der Waals surface area contributed by atoms with Crippen LogP contribution in [0.2, 0.25) is 0 Å². The lowest BCUT2D eigenvalue weighted by Crippen LogP contribution is -2.20. The largest absolute Gasteiger partial charge is 0.573 e. The molecular weight excluding hydrogens is 309 g/mol. The molecule has 0 saturated heterocycles. The van der Waals surface area contributed by atoms with E-state index in [1.165, 1.54) is 6.07 Å². The van der Waals surface area contributed by atoms with Crippen molar-refractivity contribution in [1.29, 1.82) is 0 Å². The van der Waals surface area contributed by atoms with E-state index in [4.69, 9.17) is 5.11 Å². The maximum atomic E-state index is 12.0. The second-order valence-corrected chi connectivity index (χ2v) is 3.89. The summed E-state index contributed by atoms with van der Waals surface area (Å²) in [4.78, 5) is 10.5. The van der Waals surface area contributed by atoms with Crippen LogP contribution in [0.15, 0.2) is 22.7 Å². The zero-order valence-electron chi connectivity index (χ0n) is 8.03. The van der Waals surface area contributed by atoms with Gasteiger partial charge in [-0.2, -0.15) is 0 Å². The van der Waals surface area contributed by atoms with Crippen molar-refractivity contribution in [3.8, 4) is 5.75 Å². The Morgan fingerprint density at radius 1 is 1.41 bits per heavy atom. The summed E-state index contributed by atoms with van der Waals surface area (Å²) < 4.78 is 40.0. The summed E-state index contributed by atoms with van der Waals surface area (Å²) in [5.41, 5.74) is -0.482. The minimum absolute atomic E-state index is 0.322. The second kappa shape index (κ2) is 4.92. The number of alkyl halides is 3. The molecule has 0 aliphatic rings. The van der Waals surface area contributed by atoms with Crippen molar-refractivity contribution in [3.05, 3.63) is 28.2 Å². The van der Waals surface area contributed by atoms with Crippen molar-refractivity contribution in [3.63, 3.8) is 0 Å². The van der Waals surface area contributed by atoms with Crippen LogP contribution in [-0.2, 0) is 4.79 Å². The monoisotopic (exact) mass is 314 g/mol. The van der Waals surface area contributed by atoms with Gasteiger partial charge >= 0.3 is 12.3 Å². The molecule has 17 heavy (non-hydrogen) atoms. The first-order valence-corrected chi connectivity index (χ1v) is 4.96. The van der Waals surface area contributed by atoms with Crippen LogP contribution in [0, 0.1) is 0 Å². The van der Waals surface area contributed by atoms with Gasteiger partial charge in [0.2, 0.25) is 0 Å². The van der Waals surface area contributed by atoms with Crippen LogP contribution in [0.4, 0.5) is 13.2 Å². The molecule has 0 spiro atoms. The van der Waals surface area contributed by atoms with Crippen LogP contribution in [0.1, 0.15) is 11.7 Å². The van der Waals surface area contributed by atoms with Gasteiger partial charge < -0.3 is 14.9 Å². The zero-order chi connectivity index (χ0) is 13.2. The van der Waals surface area contributed by atoms with E-state index in [2.05, 4.69) is 20.7 Å². The number of hydrogen-bond donors (Lipinski definition) is 2. The van der Waals surface area contributed by atoms with Gasteiger partial charge in [0.15, 0.2) is 6.10 Å². The summed E-state index contributed by atoms with van der Waals surface area (Å²) in [7, 11) is 0. The molecule has 1 unspecified atom stereocenters. The second-order valence-electron chi connectivity index (χ2n) is 2.97. The number of hydrogen-bond acceptors (Lipinski definition) is 3. The van der Waals surface area contributed by atoms with Gasteiger partial charge in [-0.3, -0.25) is 0 Å². The van der Waals surface area contributed by atoms with Gasteiger partial charge in [-0.15, -0.1) is 13.2 Å².